The highest BCUT2D eigenvalue weighted by atomic mass is 14.7. The third-order valence-electron chi connectivity index (χ3n) is 1.56. The first-order chi connectivity index (χ1) is 5.59. The summed E-state index contributed by atoms with van der Waals surface area (Å²) in [7, 11) is 0. The van der Waals surface area contributed by atoms with E-state index >= 15 is 0 Å². The van der Waals surface area contributed by atoms with Crippen LogP contribution in [0.15, 0.2) is 23.2 Å². The number of benzene rings is 1. The lowest BCUT2D eigenvalue weighted by Crippen LogP contribution is -1.86. The van der Waals surface area contributed by atoms with E-state index in [4.69, 9.17) is 5.73 Å². The quantitative estimate of drug-likeness (QED) is 0.500. The number of nitrogens with two attached hydrogens (primary N) is 1. The second kappa shape index (κ2) is 3.39. The Morgan fingerprint density at radius 2 is 2.00 bits per heavy atom. The number of hydrogen-bond acceptors (Lipinski definition) is 2. The molecule has 0 amide bonds. The summed E-state index contributed by atoms with van der Waals surface area (Å²) in [4.78, 5) is 4.36. The van der Waals surface area contributed by atoms with Crippen molar-refractivity contribution >= 4 is 17.1 Å². The summed E-state index contributed by atoms with van der Waals surface area (Å²) in [5.74, 6) is 0. The summed E-state index contributed by atoms with van der Waals surface area (Å²) in [5.41, 5.74) is 9.59. The molecule has 0 unspecified atom stereocenters. The molecule has 0 aliphatic carbocycles. The number of hydrogen-bond donors (Lipinski definition) is 1. The minimum atomic E-state index is 0.792. The molecule has 0 aliphatic rings. The maximum Gasteiger partial charge on any atom is 0.0659 e. The summed E-state index contributed by atoms with van der Waals surface area (Å²) in [6.45, 7) is 5.98. The highest BCUT2D eigenvalue weighted by molar-refractivity contribution is 5.82. The molecule has 0 heterocycles. The summed E-state index contributed by atoms with van der Waals surface area (Å²) < 4.78 is 0. The number of nitrogens with zero attached hydrogens (tertiary/aromatic N) is 1. The van der Waals surface area contributed by atoms with Crippen molar-refractivity contribution in [3.63, 3.8) is 0 Å². The van der Waals surface area contributed by atoms with Gasteiger partial charge in [-0.2, -0.15) is 0 Å². The second-order valence-electron chi connectivity index (χ2n) is 3.10. The number of aryl methyl sites for hydroxylation is 1. The Kier molecular flexibility index (Phi) is 2.48. The fraction of sp³-hybridized carbons (Fsp3) is 0.300. The van der Waals surface area contributed by atoms with Gasteiger partial charge in [0.2, 0.25) is 0 Å². The Balaban J connectivity index is 3.10. The van der Waals surface area contributed by atoms with Gasteiger partial charge < -0.3 is 5.73 Å². The van der Waals surface area contributed by atoms with Gasteiger partial charge in [0, 0.05) is 11.4 Å². The molecule has 0 saturated heterocycles. The molecule has 0 fully saturated rings. The lowest BCUT2D eigenvalue weighted by atomic mass is 10.2. The molecule has 12 heavy (non-hydrogen) atoms. The molecule has 64 valence electrons. The van der Waals surface area contributed by atoms with Gasteiger partial charge in [-0.3, -0.25) is 4.99 Å². The Labute approximate surface area is 73.1 Å². The van der Waals surface area contributed by atoms with Crippen molar-refractivity contribution < 1.29 is 0 Å². The fourth-order valence-electron chi connectivity index (χ4n) is 1.05. The molecule has 0 aliphatic heterocycles. The maximum absolute atomic E-state index is 5.61. The largest absolute Gasteiger partial charge is 0.399 e. The van der Waals surface area contributed by atoms with Crippen LogP contribution in [0.4, 0.5) is 11.4 Å². The molecule has 0 saturated carbocycles. The van der Waals surface area contributed by atoms with E-state index in [1.165, 1.54) is 0 Å². The SMILES string of the molecule is CC(C)=Nc1ccc(N)cc1C. The minimum absolute atomic E-state index is 0.792. The van der Waals surface area contributed by atoms with Crippen LogP contribution in [0.2, 0.25) is 0 Å². The number of rotatable bonds is 1. The molecule has 0 spiro atoms. The Hall–Kier alpha value is -1.31. The van der Waals surface area contributed by atoms with Crippen molar-refractivity contribution in [3.8, 4) is 0 Å². The topological polar surface area (TPSA) is 38.4 Å². The summed E-state index contributed by atoms with van der Waals surface area (Å²) in [5, 5.41) is 0. The highest BCUT2D eigenvalue weighted by Gasteiger charge is 1.95. The van der Waals surface area contributed by atoms with Crippen LogP contribution in [0.5, 0.6) is 0 Å². The van der Waals surface area contributed by atoms with E-state index < -0.39 is 0 Å². The highest BCUT2D eigenvalue weighted by Crippen LogP contribution is 2.20. The van der Waals surface area contributed by atoms with Crippen LogP contribution in [-0.4, -0.2) is 5.71 Å². The molecule has 1 aromatic carbocycles. The average molecular weight is 162 g/mol. The summed E-state index contributed by atoms with van der Waals surface area (Å²) >= 11 is 0. The van der Waals surface area contributed by atoms with Crippen molar-refractivity contribution in [2.24, 2.45) is 4.99 Å². The lowest BCUT2D eigenvalue weighted by Gasteiger charge is -2.01. The van der Waals surface area contributed by atoms with E-state index in [-0.39, 0.29) is 0 Å². The van der Waals surface area contributed by atoms with Gasteiger partial charge in [-0.25, -0.2) is 0 Å². The van der Waals surface area contributed by atoms with Crippen LogP contribution >= 0.6 is 0 Å². The number of anilines is 1. The predicted molar refractivity (Wildman–Crippen MR) is 54.0 cm³/mol. The Morgan fingerprint density at radius 3 is 2.50 bits per heavy atom. The van der Waals surface area contributed by atoms with E-state index in [2.05, 4.69) is 4.99 Å². The van der Waals surface area contributed by atoms with Crippen LogP contribution in [0.3, 0.4) is 0 Å². The van der Waals surface area contributed by atoms with Crippen LogP contribution < -0.4 is 5.73 Å². The minimum Gasteiger partial charge on any atom is -0.399 e. The van der Waals surface area contributed by atoms with Gasteiger partial charge in [-0.1, -0.05) is 0 Å². The smallest absolute Gasteiger partial charge is 0.0659 e. The van der Waals surface area contributed by atoms with E-state index in [9.17, 15) is 0 Å². The number of aliphatic imine (C=N–C) groups is 1. The molecule has 2 N–H and O–H groups in total. The van der Waals surface area contributed by atoms with E-state index in [0.717, 1.165) is 22.6 Å². The molecule has 0 aromatic heterocycles. The standard InChI is InChI=1S/C10H14N2/c1-7(2)12-10-5-4-9(11)6-8(10)3/h4-6H,11H2,1-3H3. The van der Waals surface area contributed by atoms with E-state index in [0.29, 0.717) is 0 Å². The second-order valence-corrected chi connectivity index (χ2v) is 3.10. The van der Waals surface area contributed by atoms with Crippen molar-refractivity contribution in [1.29, 1.82) is 0 Å². The monoisotopic (exact) mass is 162 g/mol. The van der Waals surface area contributed by atoms with Gasteiger partial charge >= 0.3 is 0 Å². The van der Waals surface area contributed by atoms with Crippen molar-refractivity contribution in [1.82, 2.24) is 0 Å². The Morgan fingerprint density at radius 1 is 1.33 bits per heavy atom. The zero-order valence-corrected chi connectivity index (χ0v) is 7.76. The molecule has 2 nitrogen and oxygen atoms in total. The van der Waals surface area contributed by atoms with Crippen molar-refractivity contribution in [2.75, 3.05) is 5.73 Å². The third kappa shape index (κ3) is 2.09. The van der Waals surface area contributed by atoms with E-state index in [1.807, 2.05) is 39.0 Å². The van der Waals surface area contributed by atoms with Crippen LogP contribution in [-0.2, 0) is 0 Å². The third-order valence-corrected chi connectivity index (χ3v) is 1.56. The Bertz CT molecular complexity index is 310. The van der Waals surface area contributed by atoms with Crippen molar-refractivity contribution in [3.05, 3.63) is 23.8 Å². The first-order valence-electron chi connectivity index (χ1n) is 3.97. The predicted octanol–water partition coefficient (Wildman–Crippen LogP) is 2.69. The van der Waals surface area contributed by atoms with E-state index in [1.54, 1.807) is 0 Å². The van der Waals surface area contributed by atoms with Crippen LogP contribution in [0.25, 0.3) is 0 Å². The van der Waals surface area contributed by atoms with Gasteiger partial charge in [0.05, 0.1) is 5.69 Å². The van der Waals surface area contributed by atoms with Gasteiger partial charge in [0.1, 0.15) is 0 Å². The normalized spacial score (nSPS) is 9.58. The first kappa shape index (κ1) is 8.78. The first-order valence-corrected chi connectivity index (χ1v) is 3.97. The van der Waals surface area contributed by atoms with Crippen LogP contribution in [0.1, 0.15) is 19.4 Å². The maximum atomic E-state index is 5.61. The zero-order chi connectivity index (χ0) is 9.14. The molecule has 0 radical (unpaired) electrons. The van der Waals surface area contributed by atoms with Crippen molar-refractivity contribution in [2.45, 2.75) is 20.8 Å². The molecule has 2 heteroatoms. The molecule has 0 atom stereocenters. The molecule has 1 rings (SSSR count). The zero-order valence-electron chi connectivity index (χ0n) is 7.76. The summed E-state index contributed by atoms with van der Waals surface area (Å²) in [6.07, 6.45) is 0. The van der Waals surface area contributed by atoms with Gasteiger partial charge in [0.15, 0.2) is 0 Å². The molecular formula is C10H14N2. The average Bonchev–Trinajstić information content (AvgIpc) is 1.94. The molecule has 0 bridgehead atoms. The van der Waals surface area contributed by atoms with Gasteiger partial charge in [-0.15, -0.1) is 0 Å². The molecular weight excluding hydrogens is 148 g/mol. The van der Waals surface area contributed by atoms with Gasteiger partial charge in [-0.05, 0) is 44.5 Å². The number of nitrogen functional groups attached to an aromatic ring is 1. The van der Waals surface area contributed by atoms with Gasteiger partial charge in [0.25, 0.3) is 0 Å². The summed E-state index contributed by atoms with van der Waals surface area (Å²) in [6, 6.07) is 5.74. The van der Waals surface area contributed by atoms with Crippen LogP contribution in [0, 0.1) is 6.92 Å². The lowest BCUT2D eigenvalue weighted by molar-refractivity contribution is 1.38. The molecule has 1 aromatic rings. The fourth-order valence-corrected chi connectivity index (χ4v) is 1.05.